The van der Waals surface area contributed by atoms with E-state index >= 15 is 0 Å². The smallest absolute Gasteiger partial charge is 0.404 e. The number of nitrogens with two attached hydrogens (primary N) is 1. The van der Waals surface area contributed by atoms with Crippen molar-refractivity contribution in [1.29, 1.82) is 0 Å². The van der Waals surface area contributed by atoms with Crippen LogP contribution in [0.4, 0.5) is 10.5 Å². The Balaban J connectivity index is 1.92. The van der Waals surface area contributed by atoms with Gasteiger partial charge < -0.3 is 19.9 Å². The molecule has 0 aliphatic carbocycles. The lowest BCUT2D eigenvalue weighted by Gasteiger charge is -2.49. The van der Waals surface area contributed by atoms with Crippen LogP contribution in [0, 0.1) is 0 Å². The van der Waals surface area contributed by atoms with Crippen LogP contribution < -0.4 is 15.5 Å². The van der Waals surface area contributed by atoms with Crippen LogP contribution >= 0.6 is 0 Å². The lowest BCUT2D eigenvalue weighted by molar-refractivity contribution is -0.265. The molecule has 5 atom stereocenters. The van der Waals surface area contributed by atoms with Crippen molar-refractivity contribution in [3.8, 4) is 5.75 Å². The molecule has 3 aliphatic heterocycles. The molecule has 0 spiro atoms. The summed E-state index contributed by atoms with van der Waals surface area (Å²) >= 11 is 0. The lowest BCUT2D eigenvalue weighted by atomic mass is 9.82. The number of hydrogen-bond acceptors (Lipinski definition) is 9. The Morgan fingerprint density at radius 2 is 2.18 bits per heavy atom. The van der Waals surface area contributed by atoms with E-state index in [0.717, 1.165) is 0 Å². The zero-order valence-corrected chi connectivity index (χ0v) is 15.7. The van der Waals surface area contributed by atoms with Crippen molar-refractivity contribution in [2.24, 2.45) is 5.73 Å². The Hall–Kier alpha value is -2.85. The van der Waals surface area contributed by atoms with Gasteiger partial charge in [-0.3, -0.25) is 14.5 Å². The predicted octanol–water partition coefficient (Wildman–Crippen LogP) is 0.394. The molecule has 2 saturated heterocycles. The van der Waals surface area contributed by atoms with Crippen LogP contribution in [-0.4, -0.2) is 68.4 Å². The number of fused-ring (bicyclic) bond motifs is 6. The number of anilines is 1. The van der Waals surface area contributed by atoms with Crippen LogP contribution in [0.5, 0.6) is 5.75 Å². The highest BCUT2D eigenvalue weighted by Crippen LogP contribution is 2.57. The highest BCUT2D eigenvalue weighted by Gasteiger charge is 2.71. The fourth-order valence-corrected chi connectivity index (χ4v) is 4.40. The normalized spacial score (nSPS) is 31.9. The second kappa shape index (κ2) is 6.35. The Kier molecular flexibility index (Phi) is 4.20. The standard InChI is InChI=1S/C18H21N3O7/c1-9(23)27-18-11(8-26-17(19)24)15-12(4-10(7-22)5-14(15)25-3)21(28-18)6-13-16(18)20(13)2/h4-5,7,11,13,16H,6,8H2,1-3H3,(H2,19,24). The SMILES string of the molecule is COc1cc(C=O)cc2c1C(COC(N)=O)C1(OC(C)=O)ON2CC2C1N2C. The molecule has 1 aromatic rings. The Bertz CT molecular complexity index is 860. The molecular formula is C18H21N3O7. The number of carbonyl (C=O) groups is 3. The van der Waals surface area contributed by atoms with Crippen LogP contribution in [-0.2, 0) is 19.1 Å². The number of carbonyl (C=O) groups excluding carboxylic acids is 3. The minimum absolute atomic E-state index is 0.0724. The van der Waals surface area contributed by atoms with Gasteiger partial charge in [0.25, 0.3) is 5.79 Å². The van der Waals surface area contributed by atoms with E-state index in [9.17, 15) is 14.4 Å². The van der Waals surface area contributed by atoms with Crippen molar-refractivity contribution in [2.75, 3.05) is 32.4 Å². The van der Waals surface area contributed by atoms with Crippen molar-refractivity contribution in [3.05, 3.63) is 23.3 Å². The molecule has 1 aromatic carbocycles. The average Bonchev–Trinajstić information content (AvgIpc) is 3.30. The third-order valence-corrected chi connectivity index (χ3v) is 5.55. The van der Waals surface area contributed by atoms with Crippen LogP contribution in [0.1, 0.15) is 28.8 Å². The summed E-state index contributed by atoms with van der Waals surface area (Å²) in [5.41, 5.74) is 6.81. The molecule has 0 saturated carbocycles. The van der Waals surface area contributed by atoms with Crippen molar-refractivity contribution >= 4 is 24.0 Å². The number of rotatable bonds is 5. The second-order valence-electron chi connectivity index (χ2n) is 7.10. The number of nitrogens with zero attached hydrogens (tertiary/aromatic N) is 2. The maximum atomic E-state index is 12.0. The van der Waals surface area contributed by atoms with E-state index in [1.54, 1.807) is 17.2 Å². The van der Waals surface area contributed by atoms with Gasteiger partial charge in [0, 0.05) is 18.1 Å². The van der Waals surface area contributed by atoms with Gasteiger partial charge in [-0.1, -0.05) is 0 Å². The molecular weight excluding hydrogens is 370 g/mol. The Morgan fingerprint density at radius 1 is 1.43 bits per heavy atom. The summed E-state index contributed by atoms with van der Waals surface area (Å²) < 4.78 is 16.3. The molecule has 4 rings (SSSR count). The molecule has 2 N–H and O–H groups in total. The molecule has 10 heteroatoms. The first-order chi connectivity index (χ1) is 13.3. The molecule has 3 aliphatic rings. The highest BCUT2D eigenvalue weighted by molar-refractivity contribution is 5.81. The van der Waals surface area contributed by atoms with E-state index in [1.165, 1.54) is 14.0 Å². The van der Waals surface area contributed by atoms with Gasteiger partial charge in [0.2, 0.25) is 0 Å². The molecule has 3 heterocycles. The fourth-order valence-electron chi connectivity index (χ4n) is 4.40. The summed E-state index contributed by atoms with van der Waals surface area (Å²) in [4.78, 5) is 42.9. The van der Waals surface area contributed by atoms with Crippen molar-refractivity contribution < 1.29 is 33.4 Å². The third-order valence-electron chi connectivity index (χ3n) is 5.55. The fraction of sp³-hybridized carbons (Fsp3) is 0.500. The number of benzene rings is 1. The summed E-state index contributed by atoms with van der Waals surface area (Å²) in [5, 5.41) is 1.61. The number of ether oxygens (including phenoxy) is 3. The van der Waals surface area contributed by atoms with Crippen molar-refractivity contribution in [1.82, 2.24) is 4.90 Å². The summed E-state index contributed by atoms with van der Waals surface area (Å²) in [7, 11) is 3.37. The number of primary amides is 1. The summed E-state index contributed by atoms with van der Waals surface area (Å²) in [6.45, 7) is 1.63. The van der Waals surface area contributed by atoms with Gasteiger partial charge in [0.15, 0.2) is 0 Å². The van der Waals surface area contributed by atoms with Gasteiger partial charge in [-0.25, -0.2) is 14.7 Å². The Labute approximate surface area is 161 Å². The number of likely N-dealkylation sites (N-methyl/N-ethyl adjacent to an activating group) is 1. The van der Waals surface area contributed by atoms with E-state index in [0.29, 0.717) is 35.4 Å². The van der Waals surface area contributed by atoms with E-state index in [1.807, 2.05) is 11.9 Å². The number of hydroxylamine groups is 1. The highest BCUT2D eigenvalue weighted by atomic mass is 16.8. The van der Waals surface area contributed by atoms with E-state index in [2.05, 4.69) is 0 Å². The molecule has 0 radical (unpaired) electrons. The summed E-state index contributed by atoms with van der Waals surface area (Å²) in [6.07, 6.45) is -0.247. The lowest BCUT2D eigenvalue weighted by Crippen LogP contribution is -2.61. The number of esters is 1. The summed E-state index contributed by atoms with van der Waals surface area (Å²) in [6, 6.07) is 3.10. The maximum Gasteiger partial charge on any atom is 0.404 e. The first kappa shape index (κ1) is 18.5. The molecule has 2 fully saturated rings. The molecule has 150 valence electrons. The monoisotopic (exact) mass is 391 g/mol. The van der Waals surface area contributed by atoms with Gasteiger partial charge in [0.05, 0.1) is 37.3 Å². The first-order valence-electron chi connectivity index (χ1n) is 8.80. The van der Waals surface area contributed by atoms with Gasteiger partial charge in [-0.15, -0.1) is 0 Å². The van der Waals surface area contributed by atoms with Crippen LogP contribution in [0.3, 0.4) is 0 Å². The van der Waals surface area contributed by atoms with Crippen LogP contribution in [0.15, 0.2) is 12.1 Å². The van der Waals surface area contributed by atoms with Gasteiger partial charge >= 0.3 is 12.1 Å². The topological polar surface area (TPSA) is 120 Å². The molecule has 1 amide bonds. The van der Waals surface area contributed by atoms with E-state index in [4.69, 9.17) is 24.8 Å². The number of methoxy groups -OCH3 is 1. The minimum atomic E-state index is -1.41. The second-order valence-corrected chi connectivity index (χ2v) is 7.10. The zero-order chi connectivity index (χ0) is 20.2. The van der Waals surface area contributed by atoms with Gasteiger partial charge in [0.1, 0.15) is 18.6 Å². The minimum Gasteiger partial charge on any atom is -0.496 e. The zero-order valence-electron chi connectivity index (χ0n) is 15.7. The largest absolute Gasteiger partial charge is 0.496 e. The molecule has 2 bridgehead atoms. The van der Waals surface area contributed by atoms with Gasteiger partial charge in [-0.05, 0) is 19.2 Å². The van der Waals surface area contributed by atoms with Crippen molar-refractivity contribution in [3.63, 3.8) is 0 Å². The summed E-state index contributed by atoms with van der Waals surface area (Å²) in [5.74, 6) is -2.24. The van der Waals surface area contributed by atoms with Crippen LogP contribution in [0.2, 0.25) is 0 Å². The van der Waals surface area contributed by atoms with Crippen molar-refractivity contribution in [2.45, 2.75) is 30.7 Å². The van der Waals surface area contributed by atoms with Crippen LogP contribution in [0.25, 0.3) is 0 Å². The molecule has 10 nitrogen and oxygen atoms in total. The Morgan fingerprint density at radius 3 is 2.79 bits per heavy atom. The van der Waals surface area contributed by atoms with E-state index < -0.39 is 23.8 Å². The number of hydrogen-bond donors (Lipinski definition) is 1. The number of aldehydes is 1. The first-order valence-corrected chi connectivity index (χ1v) is 8.80. The quantitative estimate of drug-likeness (QED) is 0.432. The third kappa shape index (κ3) is 2.60. The number of amides is 1. The van der Waals surface area contributed by atoms with Gasteiger partial charge in [-0.2, -0.15) is 0 Å². The predicted molar refractivity (Wildman–Crippen MR) is 94.9 cm³/mol. The average molecular weight is 391 g/mol. The molecule has 5 unspecified atom stereocenters. The molecule has 28 heavy (non-hydrogen) atoms. The van der Waals surface area contributed by atoms with E-state index in [-0.39, 0.29) is 18.7 Å². The maximum absolute atomic E-state index is 12.0. The molecule has 0 aromatic heterocycles.